The van der Waals surface area contributed by atoms with Crippen molar-refractivity contribution in [2.75, 3.05) is 6.54 Å². The average molecular weight is 306 g/mol. The largest absolute Gasteiger partial charge is 0.346 e. The molecule has 2 rings (SSSR count). The molecule has 0 spiro atoms. The molecule has 0 fully saturated rings. The maximum absolute atomic E-state index is 10.9. The van der Waals surface area contributed by atoms with Crippen LogP contribution in [0.3, 0.4) is 0 Å². The smallest absolute Gasteiger partial charge is 0.287 e. The third kappa shape index (κ3) is 2.91. The molecule has 0 saturated carbocycles. The van der Waals surface area contributed by atoms with Crippen LogP contribution in [0.2, 0.25) is 0 Å². The first-order valence-electron chi connectivity index (χ1n) is 5.92. The standard InChI is InChI=1S/C15H16BrNO/c1-15(2,10-17-14(16)18)13-8-7-11-5-3-4-6-12(11)9-13/h3-9H,10H2,1-2H3,(H,17,18). The van der Waals surface area contributed by atoms with Gasteiger partial charge >= 0.3 is 0 Å². The van der Waals surface area contributed by atoms with Crippen LogP contribution in [0.15, 0.2) is 42.5 Å². The van der Waals surface area contributed by atoms with Gasteiger partial charge < -0.3 is 5.32 Å². The van der Waals surface area contributed by atoms with E-state index in [1.165, 1.54) is 16.3 Å². The molecule has 0 aliphatic rings. The Bertz CT molecular complexity index is 577. The zero-order valence-corrected chi connectivity index (χ0v) is 12.1. The lowest BCUT2D eigenvalue weighted by Crippen LogP contribution is -2.34. The Morgan fingerprint density at radius 3 is 2.50 bits per heavy atom. The lowest BCUT2D eigenvalue weighted by Gasteiger charge is -2.25. The number of hydrogen-bond donors (Lipinski definition) is 1. The van der Waals surface area contributed by atoms with Crippen molar-refractivity contribution in [3.05, 3.63) is 48.0 Å². The number of hydrogen-bond acceptors (Lipinski definition) is 1. The summed E-state index contributed by atoms with van der Waals surface area (Å²) < 4.78 is 0. The molecular weight excluding hydrogens is 290 g/mol. The minimum Gasteiger partial charge on any atom is -0.346 e. The molecule has 1 amide bonds. The fourth-order valence-corrected chi connectivity index (χ4v) is 2.14. The van der Waals surface area contributed by atoms with E-state index in [1.54, 1.807) is 0 Å². The van der Waals surface area contributed by atoms with Crippen molar-refractivity contribution in [1.82, 2.24) is 5.32 Å². The summed E-state index contributed by atoms with van der Waals surface area (Å²) in [6.45, 7) is 4.86. The number of nitrogens with one attached hydrogen (secondary N) is 1. The van der Waals surface area contributed by atoms with E-state index >= 15 is 0 Å². The van der Waals surface area contributed by atoms with Gasteiger partial charge in [0.1, 0.15) is 0 Å². The zero-order valence-electron chi connectivity index (χ0n) is 10.5. The first-order chi connectivity index (χ1) is 8.49. The molecule has 0 radical (unpaired) electrons. The van der Waals surface area contributed by atoms with Crippen LogP contribution in [0.1, 0.15) is 19.4 Å². The van der Waals surface area contributed by atoms with Gasteiger partial charge in [-0.25, -0.2) is 0 Å². The summed E-state index contributed by atoms with van der Waals surface area (Å²) in [6, 6.07) is 14.7. The Morgan fingerprint density at radius 2 is 1.83 bits per heavy atom. The molecule has 0 aromatic heterocycles. The SMILES string of the molecule is CC(C)(CNC(=O)Br)c1ccc2ccccc2c1. The van der Waals surface area contributed by atoms with Gasteiger partial charge in [-0.3, -0.25) is 4.79 Å². The molecule has 1 N–H and O–H groups in total. The minimum absolute atomic E-state index is 0.0898. The van der Waals surface area contributed by atoms with E-state index in [0.717, 1.165) is 0 Å². The van der Waals surface area contributed by atoms with Gasteiger partial charge in [-0.1, -0.05) is 56.3 Å². The number of benzene rings is 2. The molecule has 0 unspecified atom stereocenters. The van der Waals surface area contributed by atoms with Crippen molar-refractivity contribution in [2.45, 2.75) is 19.3 Å². The van der Waals surface area contributed by atoms with Crippen molar-refractivity contribution in [3.63, 3.8) is 0 Å². The van der Waals surface area contributed by atoms with E-state index in [9.17, 15) is 4.79 Å². The van der Waals surface area contributed by atoms with Crippen molar-refractivity contribution in [1.29, 1.82) is 0 Å². The number of amides is 1. The van der Waals surface area contributed by atoms with Gasteiger partial charge in [0, 0.05) is 27.9 Å². The predicted octanol–water partition coefficient (Wildman–Crippen LogP) is 4.22. The average Bonchev–Trinajstić information content (AvgIpc) is 2.36. The second kappa shape index (κ2) is 5.11. The van der Waals surface area contributed by atoms with E-state index < -0.39 is 0 Å². The van der Waals surface area contributed by atoms with E-state index in [4.69, 9.17) is 0 Å². The second-order valence-electron chi connectivity index (χ2n) is 5.07. The second-order valence-corrected chi connectivity index (χ2v) is 5.79. The fraction of sp³-hybridized carbons (Fsp3) is 0.267. The van der Waals surface area contributed by atoms with Crippen LogP contribution in [0.4, 0.5) is 4.79 Å². The minimum atomic E-state index is -0.170. The third-order valence-corrected chi connectivity index (χ3v) is 3.48. The summed E-state index contributed by atoms with van der Waals surface area (Å²) in [4.78, 5) is 10.8. The van der Waals surface area contributed by atoms with Crippen LogP contribution >= 0.6 is 15.9 Å². The molecule has 2 aromatic carbocycles. The molecule has 0 saturated heterocycles. The van der Waals surface area contributed by atoms with Crippen molar-refractivity contribution >= 4 is 31.5 Å². The van der Waals surface area contributed by atoms with Gasteiger partial charge in [-0.2, -0.15) is 0 Å². The van der Waals surface area contributed by atoms with Crippen LogP contribution in [0, 0.1) is 0 Å². The highest BCUT2D eigenvalue weighted by Crippen LogP contribution is 2.26. The number of rotatable bonds is 3. The van der Waals surface area contributed by atoms with Crippen LogP contribution in [-0.4, -0.2) is 11.4 Å². The molecule has 2 aromatic rings. The van der Waals surface area contributed by atoms with Gasteiger partial charge in [0.25, 0.3) is 4.82 Å². The molecule has 0 aliphatic heterocycles. The summed E-state index contributed by atoms with van der Waals surface area (Å²) in [5.41, 5.74) is 1.13. The summed E-state index contributed by atoms with van der Waals surface area (Å²) in [5, 5.41) is 5.28. The van der Waals surface area contributed by atoms with Crippen LogP contribution in [0.25, 0.3) is 10.8 Å². The van der Waals surface area contributed by atoms with Crippen LogP contribution in [0.5, 0.6) is 0 Å². The van der Waals surface area contributed by atoms with E-state index in [1.807, 2.05) is 12.1 Å². The molecule has 94 valence electrons. The Hall–Kier alpha value is -1.35. The topological polar surface area (TPSA) is 29.1 Å². The van der Waals surface area contributed by atoms with Gasteiger partial charge in [-0.15, -0.1) is 0 Å². The zero-order chi connectivity index (χ0) is 13.2. The maximum Gasteiger partial charge on any atom is 0.287 e. The molecule has 2 nitrogen and oxygen atoms in total. The molecule has 0 aliphatic carbocycles. The molecule has 0 bridgehead atoms. The summed E-state index contributed by atoms with van der Waals surface area (Å²) in [7, 11) is 0. The van der Waals surface area contributed by atoms with Gasteiger partial charge in [-0.05, 0) is 16.3 Å². The highest BCUT2D eigenvalue weighted by molar-refractivity contribution is 9.18. The first-order valence-corrected chi connectivity index (χ1v) is 6.71. The van der Waals surface area contributed by atoms with E-state index in [0.29, 0.717) is 6.54 Å². The fourth-order valence-electron chi connectivity index (χ4n) is 2.00. The number of carbonyl (C=O) groups is 1. The summed E-state index contributed by atoms with van der Waals surface area (Å²) >= 11 is 2.89. The lowest BCUT2D eigenvalue weighted by atomic mass is 9.83. The molecule has 18 heavy (non-hydrogen) atoms. The van der Waals surface area contributed by atoms with E-state index in [2.05, 4.69) is 65.4 Å². The van der Waals surface area contributed by atoms with Crippen LogP contribution in [-0.2, 0) is 5.41 Å². The van der Waals surface area contributed by atoms with E-state index in [-0.39, 0.29) is 10.2 Å². The predicted molar refractivity (Wildman–Crippen MR) is 79.3 cm³/mol. The molecule has 3 heteroatoms. The first kappa shape index (κ1) is 13.1. The third-order valence-electron chi connectivity index (χ3n) is 3.20. The maximum atomic E-state index is 10.9. The van der Waals surface area contributed by atoms with Gasteiger partial charge in [0.15, 0.2) is 0 Å². The molecule has 0 atom stereocenters. The highest BCUT2D eigenvalue weighted by Gasteiger charge is 2.21. The Balaban J connectivity index is 2.32. The van der Waals surface area contributed by atoms with Crippen LogP contribution < -0.4 is 5.32 Å². The monoisotopic (exact) mass is 305 g/mol. The Labute approximate surface area is 116 Å². The highest BCUT2D eigenvalue weighted by atomic mass is 79.9. The Morgan fingerprint density at radius 1 is 1.17 bits per heavy atom. The number of carbonyl (C=O) groups excluding carboxylic acids is 1. The normalized spacial score (nSPS) is 11.5. The van der Waals surface area contributed by atoms with Crippen molar-refractivity contribution in [2.24, 2.45) is 0 Å². The lowest BCUT2D eigenvalue weighted by molar-refractivity contribution is 0.259. The Kier molecular flexibility index (Phi) is 3.71. The summed E-state index contributed by atoms with van der Waals surface area (Å²) in [6.07, 6.45) is 0. The van der Waals surface area contributed by atoms with Gasteiger partial charge in [0.2, 0.25) is 0 Å². The quantitative estimate of drug-likeness (QED) is 0.667. The molecule has 0 heterocycles. The summed E-state index contributed by atoms with van der Waals surface area (Å²) in [5.74, 6) is 0. The van der Waals surface area contributed by atoms with Crippen molar-refractivity contribution < 1.29 is 4.79 Å². The number of fused-ring (bicyclic) bond motifs is 1. The van der Waals surface area contributed by atoms with Gasteiger partial charge in [0.05, 0.1) is 0 Å². The number of halogens is 1. The van der Waals surface area contributed by atoms with Crippen molar-refractivity contribution in [3.8, 4) is 0 Å². The molecular formula is C15H16BrNO.